The van der Waals surface area contributed by atoms with Crippen molar-refractivity contribution in [1.82, 2.24) is 0 Å². The second-order valence-corrected chi connectivity index (χ2v) is 2.01. The number of carbonyl (C=O) groups is 1. The van der Waals surface area contributed by atoms with Gasteiger partial charge in [0.25, 0.3) is 0 Å². The van der Waals surface area contributed by atoms with Crippen LogP contribution in [0, 0.1) is 0 Å². The van der Waals surface area contributed by atoms with Gasteiger partial charge >= 0.3 is 53.7 Å². The normalized spacial score (nSPS) is 11.4. The number of carboxylic acid groups (broad SMARTS) is 1. The Hall–Kier alpha value is -0.480. The van der Waals surface area contributed by atoms with E-state index in [1.54, 1.807) is 0 Å². The molecule has 16 heavy (non-hydrogen) atoms. The van der Waals surface area contributed by atoms with E-state index in [4.69, 9.17) is 0 Å². The molecule has 0 heterocycles. The van der Waals surface area contributed by atoms with Crippen molar-refractivity contribution >= 4 is 5.97 Å². The molecule has 0 atom stereocenters. The molecule has 0 aliphatic carbocycles. The molecule has 0 fully saturated rings. The molecule has 0 saturated heterocycles. The van der Waals surface area contributed by atoms with E-state index in [9.17, 15) is 40.6 Å². The van der Waals surface area contributed by atoms with Crippen molar-refractivity contribution in [3.8, 4) is 0 Å². The summed E-state index contributed by atoms with van der Waals surface area (Å²) in [5, 5.41) is 9.47. The quantitative estimate of drug-likeness (QED) is 0.336. The van der Waals surface area contributed by atoms with Crippen LogP contribution in [-0.2, 0) is 9.53 Å². The fourth-order valence-corrected chi connectivity index (χ4v) is 0.334. The van der Waals surface area contributed by atoms with E-state index in [1.807, 2.05) is 0 Å². The number of aliphatic carboxylic acids is 1. The first-order valence-corrected chi connectivity index (χ1v) is 2.89. The summed E-state index contributed by atoms with van der Waals surface area (Å²) in [6, 6.07) is -3.30. The topological polar surface area (TPSA) is 49.4 Å². The van der Waals surface area contributed by atoms with Gasteiger partial charge in [-0.05, 0) is 0 Å². The average molecular weight is 264 g/mol. The molecule has 3 nitrogen and oxygen atoms in total. The van der Waals surface area contributed by atoms with E-state index < -0.39 is 30.1 Å². The number of carbonyl (C=O) groups excluding carboxylic acids is 1. The number of alkyl halides is 4. The molecule has 0 amide bonds. The van der Waals surface area contributed by atoms with Gasteiger partial charge in [0.2, 0.25) is 0 Å². The van der Waals surface area contributed by atoms with Crippen LogP contribution in [0.15, 0.2) is 12.1 Å². The summed E-state index contributed by atoms with van der Waals surface area (Å²) in [6.07, 6.45) is -9.43. The molecular formula is C5F7NaO3. The van der Waals surface area contributed by atoms with Gasteiger partial charge in [-0.1, -0.05) is 0 Å². The summed E-state index contributed by atoms with van der Waals surface area (Å²) in [4.78, 5) is 9.47. The molecule has 0 aromatic heterocycles. The third-order valence-electron chi connectivity index (χ3n) is 0.988. The summed E-state index contributed by atoms with van der Waals surface area (Å²) in [5.74, 6) is -9.54. The maximum absolute atomic E-state index is 12.1. The fourth-order valence-electron chi connectivity index (χ4n) is 0.334. The fraction of sp³-hybridized carbons (Fsp3) is 0.400. The zero-order valence-corrected chi connectivity index (χ0v) is 9.37. The Morgan fingerprint density at radius 1 is 1.06 bits per heavy atom. The van der Waals surface area contributed by atoms with Crippen molar-refractivity contribution in [1.29, 1.82) is 0 Å². The SMILES string of the molecule is O=C([O-])C(F)(F)C(F)(F)OC(F)=C(F)F.[Na+]. The number of hydrogen-bond acceptors (Lipinski definition) is 3. The second-order valence-electron chi connectivity index (χ2n) is 2.01. The van der Waals surface area contributed by atoms with Crippen molar-refractivity contribution in [2.45, 2.75) is 12.0 Å². The molecule has 0 aromatic rings. The maximum Gasteiger partial charge on any atom is 1.00 e. The van der Waals surface area contributed by atoms with Crippen LogP contribution in [0.1, 0.15) is 0 Å². The van der Waals surface area contributed by atoms with Gasteiger partial charge in [-0.3, -0.25) is 0 Å². The van der Waals surface area contributed by atoms with E-state index in [0.717, 1.165) is 0 Å². The minimum atomic E-state index is -5.99. The summed E-state index contributed by atoms with van der Waals surface area (Å²) < 4.78 is 84.3. The molecule has 0 radical (unpaired) electrons. The van der Waals surface area contributed by atoms with Crippen molar-refractivity contribution in [3.05, 3.63) is 12.1 Å². The van der Waals surface area contributed by atoms with Gasteiger partial charge < -0.3 is 14.6 Å². The van der Waals surface area contributed by atoms with E-state index in [0.29, 0.717) is 0 Å². The second kappa shape index (κ2) is 5.73. The Kier molecular flexibility index (Phi) is 6.41. The number of rotatable bonds is 4. The first-order chi connectivity index (χ1) is 6.52. The summed E-state index contributed by atoms with van der Waals surface area (Å²) in [6.45, 7) is 0. The van der Waals surface area contributed by atoms with Crippen LogP contribution in [0.2, 0.25) is 0 Å². The first-order valence-electron chi connectivity index (χ1n) is 2.89. The molecule has 0 rings (SSSR count). The Morgan fingerprint density at radius 3 is 1.69 bits per heavy atom. The third kappa shape index (κ3) is 3.83. The third-order valence-corrected chi connectivity index (χ3v) is 0.988. The van der Waals surface area contributed by atoms with Gasteiger partial charge in [-0.2, -0.15) is 30.7 Å². The van der Waals surface area contributed by atoms with Crippen LogP contribution in [0.3, 0.4) is 0 Å². The predicted octanol–water partition coefficient (Wildman–Crippen LogP) is -1.98. The zero-order valence-electron chi connectivity index (χ0n) is 7.37. The van der Waals surface area contributed by atoms with Crippen molar-refractivity contribution in [2.24, 2.45) is 0 Å². The van der Waals surface area contributed by atoms with E-state index in [1.165, 1.54) is 0 Å². The standard InChI is InChI=1S/C5HF7O3.Na/c6-1(7)2(8)15-5(11,12)4(9,10)3(13)14;/h(H,13,14);/q;+1/p-1. The van der Waals surface area contributed by atoms with Crippen LogP contribution in [0.25, 0.3) is 0 Å². The van der Waals surface area contributed by atoms with E-state index >= 15 is 0 Å². The largest absolute Gasteiger partial charge is 1.00 e. The van der Waals surface area contributed by atoms with E-state index in [2.05, 4.69) is 4.74 Å². The van der Waals surface area contributed by atoms with Crippen molar-refractivity contribution < 1.29 is 74.9 Å². The molecule has 0 N–H and O–H groups in total. The molecule has 0 unspecified atom stereocenters. The van der Waals surface area contributed by atoms with E-state index in [-0.39, 0.29) is 29.6 Å². The zero-order chi connectivity index (χ0) is 12.4. The smallest absolute Gasteiger partial charge is 0.544 e. The van der Waals surface area contributed by atoms with Crippen LogP contribution in [-0.4, -0.2) is 18.0 Å². The Bertz CT molecular complexity index is 298. The molecule has 0 aliphatic heterocycles. The number of halogens is 7. The van der Waals surface area contributed by atoms with Crippen molar-refractivity contribution in [3.63, 3.8) is 0 Å². The van der Waals surface area contributed by atoms with Crippen LogP contribution >= 0.6 is 0 Å². The predicted molar refractivity (Wildman–Crippen MR) is 26.3 cm³/mol. The number of carboxylic acids is 1. The van der Waals surface area contributed by atoms with Crippen LogP contribution in [0.5, 0.6) is 0 Å². The Morgan fingerprint density at radius 2 is 1.44 bits per heavy atom. The van der Waals surface area contributed by atoms with Gasteiger partial charge in [0.15, 0.2) is 0 Å². The van der Waals surface area contributed by atoms with Gasteiger partial charge in [0.05, 0.1) is 0 Å². The Labute approximate surface area is 105 Å². The first kappa shape index (κ1) is 17.9. The molecule has 0 bridgehead atoms. The summed E-state index contributed by atoms with van der Waals surface area (Å²) >= 11 is 0. The van der Waals surface area contributed by atoms with Crippen LogP contribution < -0.4 is 34.7 Å². The van der Waals surface area contributed by atoms with Crippen LogP contribution in [0.4, 0.5) is 30.7 Å². The Balaban J connectivity index is 0. The average Bonchev–Trinajstić information content (AvgIpc) is 2.02. The molecule has 88 valence electrons. The monoisotopic (exact) mass is 264 g/mol. The maximum atomic E-state index is 12.1. The molecule has 11 heteroatoms. The summed E-state index contributed by atoms with van der Waals surface area (Å²) in [5.41, 5.74) is 0. The van der Waals surface area contributed by atoms with Gasteiger partial charge in [-0.15, -0.1) is 0 Å². The van der Waals surface area contributed by atoms with Gasteiger partial charge in [0.1, 0.15) is 5.97 Å². The number of hydrogen-bond donors (Lipinski definition) is 0. The number of ether oxygens (including phenoxy) is 1. The molecule has 0 spiro atoms. The molecule has 0 aromatic carbocycles. The minimum absolute atomic E-state index is 0. The minimum Gasteiger partial charge on any atom is -0.544 e. The molecule has 0 saturated carbocycles. The van der Waals surface area contributed by atoms with Gasteiger partial charge in [0, 0.05) is 0 Å². The van der Waals surface area contributed by atoms with Gasteiger partial charge in [-0.25, -0.2) is 0 Å². The molecule has 0 aliphatic rings. The molecular weight excluding hydrogens is 264 g/mol. The summed E-state index contributed by atoms with van der Waals surface area (Å²) in [7, 11) is 0. The van der Waals surface area contributed by atoms with Crippen molar-refractivity contribution in [2.75, 3.05) is 0 Å².